The van der Waals surface area contributed by atoms with Crippen LogP contribution in [0.15, 0.2) is 24.8 Å². The van der Waals surface area contributed by atoms with Crippen LogP contribution < -0.4 is 5.32 Å². The number of nitriles is 1. The molecule has 0 aliphatic heterocycles. The monoisotopic (exact) mass is 243 g/mol. The zero-order valence-corrected chi connectivity index (χ0v) is 10.00. The number of carbonyl (C=O) groups is 1. The molecule has 1 unspecified atom stereocenters. The Balaban J connectivity index is 2.21. The first-order valence-corrected chi connectivity index (χ1v) is 5.71. The number of fused-ring (bicyclic) bond motifs is 1. The van der Waals surface area contributed by atoms with E-state index in [1.54, 1.807) is 23.1 Å². The fourth-order valence-corrected chi connectivity index (χ4v) is 1.68. The highest BCUT2D eigenvalue weighted by Gasteiger charge is 2.16. The molecule has 0 aromatic carbocycles. The molecule has 0 bridgehead atoms. The van der Waals surface area contributed by atoms with Crippen molar-refractivity contribution in [1.29, 1.82) is 5.26 Å². The van der Waals surface area contributed by atoms with Crippen molar-refractivity contribution in [3.63, 3.8) is 0 Å². The van der Waals surface area contributed by atoms with E-state index in [0.717, 1.165) is 6.42 Å². The summed E-state index contributed by atoms with van der Waals surface area (Å²) in [6, 6.07) is 1.93. The molecular weight excluding hydrogens is 230 g/mol. The lowest BCUT2D eigenvalue weighted by atomic mass is 10.1. The van der Waals surface area contributed by atoms with E-state index in [2.05, 4.69) is 21.5 Å². The summed E-state index contributed by atoms with van der Waals surface area (Å²) < 4.78 is 1.59. The molecular formula is C12H13N5O. The van der Waals surface area contributed by atoms with Gasteiger partial charge in [-0.3, -0.25) is 9.78 Å². The molecule has 6 nitrogen and oxygen atoms in total. The Morgan fingerprint density at radius 1 is 1.61 bits per heavy atom. The number of amides is 1. The van der Waals surface area contributed by atoms with Gasteiger partial charge in [-0.1, -0.05) is 6.92 Å². The van der Waals surface area contributed by atoms with Crippen molar-refractivity contribution >= 4 is 11.4 Å². The van der Waals surface area contributed by atoms with Crippen LogP contribution in [0.2, 0.25) is 0 Å². The average molecular weight is 243 g/mol. The molecule has 0 saturated carbocycles. The second-order valence-electron chi connectivity index (χ2n) is 3.91. The smallest absolute Gasteiger partial charge is 0.255 e. The maximum atomic E-state index is 12.1. The van der Waals surface area contributed by atoms with Crippen molar-refractivity contribution in [3.8, 4) is 6.07 Å². The van der Waals surface area contributed by atoms with Gasteiger partial charge < -0.3 is 5.32 Å². The van der Waals surface area contributed by atoms with Gasteiger partial charge in [0.25, 0.3) is 5.91 Å². The molecule has 0 radical (unpaired) electrons. The van der Waals surface area contributed by atoms with Crippen LogP contribution in [0, 0.1) is 11.3 Å². The quantitative estimate of drug-likeness (QED) is 0.873. The summed E-state index contributed by atoms with van der Waals surface area (Å²) in [5.41, 5.74) is 1.13. The van der Waals surface area contributed by atoms with Crippen LogP contribution in [0.5, 0.6) is 0 Å². The number of aromatic nitrogens is 3. The number of rotatable bonds is 4. The van der Waals surface area contributed by atoms with Gasteiger partial charge in [-0.05, 0) is 6.42 Å². The van der Waals surface area contributed by atoms with Gasteiger partial charge in [-0.2, -0.15) is 10.4 Å². The van der Waals surface area contributed by atoms with E-state index in [4.69, 9.17) is 5.26 Å². The topological polar surface area (TPSA) is 83.1 Å². The largest absolute Gasteiger partial charge is 0.348 e. The number of hydrogen-bond acceptors (Lipinski definition) is 4. The normalized spacial score (nSPS) is 12.0. The molecule has 0 spiro atoms. The molecule has 2 aromatic heterocycles. The molecule has 92 valence electrons. The highest BCUT2D eigenvalue weighted by molar-refractivity contribution is 6.00. The van der Waals surface area contributed by atoms with Crippen LogP contribution in [0.1, 0.15) is 30.1 Å². The Morgan fingerprint density at radius 2 is 2.44 bits per heavy atom. The summed E-state index contributed by atoms with van der Waals surface area (Å²) in [6.45, 7) is 1.93. The predicted molar refractivity (Wildman–Crippen MR) is 64.8 cm³/mol. The van der Waals surface area contributed by atoms with E-state index in [9.17, 15) is 4.79 Å². The Kier molecular flexibility index (Phi) is 3.53. The minimum absolute atomic E-state index is 0.130. The number of carbonyl (C=O) groups excluding carboxylic acids is 1. The van der Waals surface area contributed by atoms with Crippen molar-refractivity contribution in [2.75, 3.05) is 0 Å². The third-order valence-corrected chi connectivity index (χ3v) is 2.74. The zero-order valence-electron chi connectivity index (χ0n) is 10.00. The minimum Gasteiger partial charge on any atom is -0.348 e. The van der Waals surface area contributed by atoms with E-state index in [-0.39, 0.29) is 11.9 Å². The highest BCUT2D eigenvalue weighted by atomic mass is 16.1. The summed E-state index contributed by atoms with van der Waals surface area (Å²) in [4.78, 5) is 16.0. The molecule has 2 heterocycles. The molecule has 0 fully saturated rings. The summed E-state index contributed by atoms with van der Waals surface area (Å²) in [7, 11) is 0. The highest BCUT2D eigenvalue weighted by Crippen LogP contribution is 2.09. The van der Waals surface area contributed by atoms with E-state index < -0.39 is 0 Å². The van der Waals surface area contributed by atoms with Crippen LogP contribution in [-0.4, -0.2) is 26.5 Å². The van der Waals surface area contributed by atoms with E-state index in [1.807, 2.05) is 6.92 Å². The van der Waals surface area contributed by atoms with Gasteiger partial charge in [0.1, 0.15) is 0 Å². The molecule has 0 saturated heterocycles. The molecule has 0 aliphatic rings. The second kappa shape index (κ2) is 5.27. The lowest BCUT2D eigenvalue weighted by molar-refractivity contribution is 0.0938. The molecule has 2 rings (SSSR count). The Morgan fingerprint density at radius 3 is 3.17 bits per heavy atom. The van der Waals surface area contributed by atoms with Gasteiger partial charge in [0.05, 0.1) is 36.0 Å². The average Bonchev–Trinajstić information content (AvgIpc) is 2.82. The number of hydrogen-bond donors (Lipinski definition) is 1. The van der Waals surface area contributed by atoms with Crippen LogP contribution in [-0.2, 0) is 0 Å². The van der Waals surface area contributed by atoms with Gasteiger partial charge in [0, 0.05) is 18.4 Å². The van der Waals surface area contributed by atoms with Crippen molar-refractivity contribution < 1.29 is 4.79 Å². The standard InChI is InChI=1S/C12H13N5O/c1-2-9(3-4-13)16-12(18)10-7-15-17-6-5-14-8-11(10)17/h5-9H,2-3H2,1H3,(H,16,18). The van der Waals surface area contributed by atoms with E-state index in [0.29, 0.717) is 17.5 Å². The summed E-state index contributed by atoms with van der Waals surface area (Å²) in [5.74, 6) is -0.222. The molecule has 1 N–H and O–H groups in total. The van der Waals surface area contributed by atoms with Crippen LogP contribution in [0.25, 0.3) is 5.52 Å². The molecule has 0 aliphatic carbocycles. The molecule has 18 heavy (non-hydrogen) atoms. The van der Waals surface area contributed by atoms with Crippen LogP contribution >= 0.6 is 0 Å². The number of nitrogens with one attached hydrogen (secondary N) is 1. The number of nitrogens with zero attached hydrogens (tertiary/aromatic N) is 4. The summed E-state index contributed by atoms with van der Waals surface area (Å²) in [6.07, 6.45) is 7.40. The van der Waals surface area contributed by atoms with Crippen molar-refractivity contribution in [3.05, 3.63) is 30.4 Å². The lowest BCUT2D eigenvalue weighted by Gasteiger charge is -2.12. The fourth-order valence-electron chi connectivity index (χ4n) is 1.68. The third-order valence-electron chi connectivity index (χ3n) is 2.74. The maximum absolute atomic E-state index is 12.1. The van der Waals surface area contributed by atoms with E-state index in [1.165, 1.54) is 6.20 Å². The van der Waals surface area contributed by atoms with E-state index >= 15 is 0 Å². The lowest BCUT2D eigenvalue weighted by Crippen LogP contribution is -2.34. The molecule has 1 atom stereocenters. The van der Waals surface area contributed by atoms with Gasteiger partial charge >= 0.3 is 0 Å². The Hall–Kier alpha value is -2.42. The first-order valence-electron chi connectivity index (χ1n) is 5.71. The van der Waals surface area contributed by atoms with Crippen molar-refractivity contribution in [2.45, 2.75) is 25.8 Å². The van der Waals surface area contributed by atoms with Gasteiger partial charge in [0.2, 0.25) is 0 Å². The third kappa shape index (κ3) is 2.30. The van der Waals surface area contributed by atoms with Gasteiger partial charge in [0.15, 0.2) is 0 Å². The first kappa shape index (κ1) is 12.0. The molecule has 6 heteroatoms. The minimum atomic E-state index is -0.222. The molecule has 2 aromatic rings. The zero-order chi connectivity index (χ0) is 13.0. The van der Waals surface area contributed by atoms with Crippen LogP contribution in [0.4, 0.5) is 0 Å². The SMILES string of the molecule is CCC(CC#N)NC(=O)c1cnn2ccncc12. The first-order chi connectivity index (χ1) is 8.76. The van der Waals surface area contributed by atoms with Crippen LogP contribution in [0.3, 0.4) is 0 Å². The second-order valence-corrected chi connectivity index (χ2v) is 3.91. The van der Waals surface area contributed by atoms with Crippen molar-refractivity contribution in [2.24, 2.45) is 0 Å². The Bertz CT molecular complexity index is 598. The Labute approximate surface area is 104 Å². The fraction of sp³-hybridized carbons (Fsp3) is 0.333. The summed E-state index contributed by atoms with van der Waals surface area (Å²) >= 11 is 0. The summed E-state index contributed by atoms with van der Waals surface area (Å²) in [5, 5.41) is 15.5. The maximum Gasteiger partial charge on any atom is 0.255 e. The predicted octanol–water partition coefficient (Wildman–Crippen LogP) is 1.15. The van der Waals surface area contributed by atoms with Gasteiger partial charge in [-0.15, -0.1) is 0 Å². The van der Waals surface area contributed by atoms with Gasteiger partial charge in [-0.25, -0.2) is 4.52 Å². The molecule has 1 amide bonds. The van der Waals surface area contributed by atoms with Crippen molar-refractivity contribution in [1.82, 2.24) is 19.9 Å².